The Morgan fingerprint density at radius 1 is 1.04 bits per heavy atom. The van der Waals surface area contributed by atoms with Crippen LogP contribution < -0.4 is 14.2 Å². The van der Waals surface area contributed by atoms with E-state index in [1.165, 1.54) is 34.5 Å². The molecule has 0 aliphatic heterocycles. The lowest BCUT2D eigenvalue weighted by molar-refractivity contribution is -0.181. The number of fused-ring (bicyclic) bond motifs is 3. The number of aliphatic hydroxyl groups is 1. The van der Waals surface area contributed by atoms with Crippen molar-refractivity contribution in [3.8, 4) is 17.2 Å². The number of rotatable bonds is 5. The molecule has 0 spiro atoms. The number of methoxy groups -OCH3 is 5. The summed E-state index contributed by atoms with van der Waals surface area (Å²) in [4.78, 5) is 12.6. The van der Waals surface area contributed by atoms with Crippen LogP contribution in [0.1, 0.15) is 17.5 Å². The van der Waals surface area contributed by atoms with Gasteiger partial charge in [-0.2, -0.15) is 0 Å². The van der Waals surface area contributed by atoms with Gasteiger partial charge in [-0.1, -0.05) is 0 Å². The number of hydrogen-bond acceptors (Lipinski definition) is 7. The molecule has 7 heteroatoms. The summed E-state index contributed by atoms with van der Waals surface area (Å²) in [5.41, 5.74) is 2.77. The van der Waals surface area contributed by atoms with Crippen LogP contribution in [0.5, 0.6) is 17.2 Å². The highest BCUT2D eigenvalue weighted by Gasteiger charge is 2.43. The maximum Gasteiger partial charge on any atom is 0.253 e. The predicted molar refractivity (Wildman–Crippen MR) is 98.2 cm³/mol. The zero-order chi connectivity index (χ0) is 19.8. The zero-order valence-electron chi connectivity index (χ0n) is 16.1. The van der Waals surface area contributed by atoms with Gasteiger partial charge in [0.2, 0.25) is 11.5 Å². The van der Waals surface area contributed by atoms with E-state index in [9.17, 15) is 9.90 Å². The van der Waals surface area contributed by atoms with Gasteiger partial charge in [0, 0.05) is 19.8 Å². The minimum atomic E-state index is -1.56. The summed E-state index contributed by atoms with van der Waals surface area (Å²) in [5.74, 6) is -0.500. The fourth-order valence-electron chi connectivity index (χ4n) is 3.71. The van der Waals surface area contributed by atoms with Crippen LogP contribution in [0.25, 0.3) is 5.57 Å². The molecule has 0 amide bonds. The van der Waals surface area contributed by atoms with Gasteiger partial charge in [-0.25, -0.2) is 0 Å². The van der Waals surface area contributed by atoms with Crippen molar-refractivity contribution in [1.82, 2.24) is 0 Å². The maximum atomic E-state index is 12.6. The highest BCUT2D eigenvalue weighted by Crippen LogP contribution is 2.50. The van der Waals surface area contributed by atoms with Crippen molar-refractivity contribution in [3.63, 3.8) is 0 Å². The summed E-state index contributed by atoms with van der Waals surface area (Å²) < 4.78 is 27.4. The highest BCUT2D eigenvalue weighted by atomic mass is 16.7. The standard InChI is InChI=1S/C20H24O7/c1-23-15-8-11-6-7-14(21)12-9-16(22)20(26-4,27-5)10-13(12)17(11)19(25-3)18(15)24-2/h8-10,14,21H,6-7H2,1-5H3. The average molecular weight is 376 g/mol. The molecule has 0 radical (unpaired) electrons. The smallest absolute Gasteiger partial charge is 0.253 e. The predicted octanol–water partition coefficient (Wildman–Crippen LogP) is 1.90. The Labute approximate surface area is 158 Å². The molecule has 2 aliphatic rings. The molecular weight excluding hydrogens is 352 g/mol. The number of benzene rings is 1. The first kappa shape index (κ1) is 19.4. The molecule has 146 valence electrons. The van der Waals surface area contributed by atoms with Crippen molar-refractivity contribution in [2.45, 2.75) is 24.7 Å². The molecule has 0 saturated carbocycles. The summed E-state index contributed by atoms with van der Waals surface area (Å²) in [6, 6.07) is 1.87. The fraction of sp³-hybridized carbons (Fsp3) is 0.450. The van der Waals surface area contributed by atoms with E-state index in [0.29, 0.717) is 41.2 Å². The largest absolute Gasteiger partial charge is 0.493 e. The van der Waals surface area contributed by atoms with Gasteiger partial charge in [-0.3, -0.25) is 4.79 Å². The normalized spacial score (nSPS) is 20.7. The summed E-state index contributed by atoms with van der Waals surface area (Å²) >= 11 is 0. The third-order valence-electron chi connectivity index (χ3n) is 5.11. The molecule has 27 heavy (non-hydrogen) atoms. The molecule has 0 aromatic heterocycles. The van der Waals surface area contributed by atoms with Crippen LogP contribution in [-0.2, 0) is 20.7 Å². The molecular formula is C20H24O7. The second kappa shape index (κ2) is 7.34. The molecule has 1 unspecified atom stereocenters. The molecule has 0 fully saturated rings. The quantitative estimate of drug-likeness (QED) is 0.786. The summed E-state index contributed by atoms with van der Waals surface area (Å²) in [6.45, 7) is 0. The molecule has 1 aromatic rings. The Morgan fingerprint density at radius 3 is 2.26 bits per heavy atom. The van der Waals surface area contributed by atoms with Gasteiger partial charge in [0.25, 0.3) is 5.79 Å². The van der Waals surface area contributed by atoms with Gasteiger partial charge in [0.1, 0.15) is 0 Å². The molecule has 1 aromatic carbocycles. The van der Waals surface area contributed by atoms with E-state index in [1.807, 2.05) is 6.07 Å². The van der Waals surface area contributed by atoms with E-state index in [-0.39, 0.29) is 5.78 Å². The Balaban J connectivity index is 2.36. The van der Waals surface area contributed by atoms with Crippen molar-refractivity contribution in [2.75, 3.05) is 35.5 Å². The van der Waals surface area contributed by atoms with Crippen LogP contribution in [-0.4, -0.2) is 58.3 Å². The Hall–Kier alpha value is -2.35. The van der Waals surface area contributed by atoms with Crippen molar-refractivity contribution in [3.05, 3.63) is 34.9 Å². The van der Waals surface area contributed by atoms with Gasteiger partial charge in [-0.05, 0) is 47.8 Å². The van der Waals surface area contributed by atoms with Crippen molar-refractivity contribution in [1.29, 1.82) is 0 Å². The summed E-state index contributed by atoms with van der Waals surface area (Å²) in [5, 5.41) is 10.7. The van der Waals surface area contributed by atoms with Crippen molar-refractivity contribution >= 4 is 11.4 Å². The van der Waals surface area contributed by atoms with E-state index in [0.717, 1.165) is 11.1 Å². The molecule has 0 saturated heterocycles. The second-order valence-corrected chi connectivity index (χ2v) is 6.33. The third-order valence-corrected chi connectivity index (χ3v) is 5.11. The second-order valence-electron chi connectivity index (χ2n) is 6.33. The first-order valence-corrected chi connectivity index (χ1v) is 8.56. The van der Waals surface area contributed by atoms with E-state index >= 15 is 0 Å². The zero-order valence-corrected chi connectivity index (χ0v) is 16.1. The monoisotopic (exact) mass is 376 g/mol. The average Bonchev–Trinajstić information content (AvgIpc) is 2.82. The van der Waals surface area contributed by atoms with Crippen LogP contribution in [0.4, 0.5) is 0 Å². The lowest BCUT2D eigenvalue weighted by Gasteiger charge is -2.31. The number of aryl methyl sites for hydroxylation is 1. The van der Waals surface area contributed by atoms with Crippen LogP contribution >= 0.6 is 0 Å². The van der Waals surface area contributed by atoms with Gasteiger partial charge in [0.05, 0.1) is 27.4 Å². The Morgan fingerprint density at radius 2 is 1.70 bits per heavy atom. The van der Waals surface area contributed by atoms with E-state index in [1.54, 1.807) is 13.2 Å². The topological polar surface area (TPSA) is 83.5 Å². The number of carbonyl (C=O) groups excluding carboxylic acids is 1. The molecule has 0 heterocycles. The molecule has 1 N–H and O–H groups in total. The van der Waals surface area contributed by atoms with Crippen molar-refractivity contribution < 1.29 is 33.6 Å². The number of ether oxygens (including phenoxy) is 5. The van der Waals surface area contributed by atoms with E-state index in [4.69, 9.17) is 23.7 Å². The fourth-order valence-corrected chi connectivity index (χ4v) is 3.71. The molecule has 3 rings (SSSR count). The lowest BCUT2D eigenvalue weighted by atomic mass is 9.85. The number of ketones is 1. The number of aliphatic hydroxyl groups excluding tert-OH is 1. The van der Waals surface area contributed by atoms with Crippen LogP contribution in [0, 0.1) is 0 Å². The lowest BCUT2D eigenvalue weighted by Crippen LogP contribution is -2.42. The molecule has 7 nitrogen and oxygen atoms in total. The van der Waals surface area contributed by atoms with Gasteiger partial charge < -0.3 is 28.8 Å². The van der Waals surface area contributed by atoms with Gasteiger partial charge >= 0.3 is 0 Å². The molecule has 0 bridgehead atoms. The molecule has 1 atom stereocenters. The van der Waals surface area contributed by atoms with E-state index < -0.39 is 11.9 Å². The van der Waals surface area contributed by atoms with Crippen LogP contribution in [0.3, 0.4) is 0 Å². The SMILES string of the molecule is COc1cc2c(c(OC)c1OC)C1=CC(OC)(OC)C(=O)C=C1C(O)CC2. The highest BCUT2D eigenvalue weighted by molar-refractivity contribution is 6.07. The minimum Gasteiger partial charge on any atom is -0.493 e. The van der Waals surface area contributed by atoms with Crippen LogP contribution in [0.15, 0.2) is 23.8 Å². The molecule has 2 aliphatic carbocycles. The maximum absolute atomic E-state index is 12.6. The minimum absolute atomic E-state index is 0.381. The Kier molecular flexibility index (Phi) is 5.28. The van der Waals surface area contributed by atoms with Crippen molar-refractivity contribution in [2.24, 2.45) is 0 Å². The first-order chi connectivity index (χ1) is 13.0. The number of hydrogen-bond donors (Lipinski definition) is 1. The third kappa shape index (κ3) is 2.92. The summed E-state index contributed by atoms with van der Waals surface area (Å²) in [7, 11) is 7.42. The first-order valence-electron chi connectivity index (χ1n) is 8.56. The van der Waals surface area contributed by atoms with Crippen LogP contribution in [0.2, 0.25) is 0 Å². The van der Waals surface area contributed by atoms with Gasteiger partial charge in [-0.15, -0.1) is 0 Å². The van der Waals surface area contributed by atoms with Gasteiger partial charge in [0.15, 0.2) is 11.5 Å². The summed E-state index contributed by atoms with van der Waals surface area (Å²) in [6.07, 6.45) is 3.20. The number of carbonyl (C=O) groups is 1. The Bertz CT molecular complexity index is 818. The van der Waals surface area contributed by atoms with E-state index in [2.05, 4.69) is 0 Å².